The van der Waals surface area contributed by atoms with Crippen LogP contribution in [-0.4, -0.2) is 48.8 Å². The fourth-order valence-corrected chi connectivity index (χ4v) is 3.85. The molecule has 0 aliphatic heterocycles. The lowest BCUT2D eigenvalue weighted by molar-refractivity contribution is 0.468. The van der Waals surface area contributed by atoms with Crippen molar-refractivity contribution in [3.63, 3.8) is 0 Å². The highest BCUT2D eigenvalue weighted by Crippen LogP contribution is 2.31. The highest BCUT2D eigenvalue weighted by atomic mass is 16.3. The summed E-state index contributed by atoms with van der Waals surface area (Å²) in [7, 11) is 0. The van der Waals surface area contributed by atoms with Crippen LogP contribution in [0.3, 0.4) is 0 Å². The smallest absolute Gasteiger partial charge is 0.127 e. The molecule has 5 heteroatoms. The van der Waals surface area contributed by atoms with Crippen LogP contribution in [0.1, 0.15) is 81.3 Å². The van der Waals surface area contributed by atoms with Crippen molar-refractivity contribution in [2.75, 3.05) is 26.2 Å². The van der Waals surface area contributed by atoms with E-state index in [4.69, 9.17) is 0 Å². The Morgan fingerprint density at radius 1 is 0.765 bits per heavy atom. The molecule has 2 rings (SSSR count). The van der Waals surface area contributed by atoms with Crippen LogP contribution in [0.4, 0.5) is 0 Å². The summed E-state index contributed by atoms with van der Waals surface area (Å²) in [5.74, 6) is 0.580. The van der Waals surface area contributed by atoms with E-state index in [1.807, 2.05) is 38.1 Å². The molecule has 186 valence electrons. The number of hydrogen-bond donors (Lipinski definition) is 3. The van der Waals surface area contributed by atoms with Gasteiger partial charge in [-0.1, -0.05) is 47.6 Å². The summed E-state index contributed by atoms with van der Waals surface area (Å²) in [5, 5.41) is 24.0. The van der Waals surface area contributed by atoms with Crippen molar-refractivity contribution in [2.45, 2.75) is 72.6 Å². The Labute approximate surface area is 206 Å². The first-order valence-electron chi connectivity index (χ1n) is 12.2. The topological polar surface area (TPSA) is 77.2 Å². The lowest BCUT2D eigenvalue weighted by Crippen LogP contribution is -2.19. The van der Waals surface area contributed by atoms with Gasteiger partial charge in [-0.2, -0.15) is 0 Å². The van der Waals surface area contributed by atoms with Crippen LogP contribution in [0.2, 0.25) is 0 Å². The highest BCUT2D eigenvalue weighted by molar-refractivity contribution is 5.85. The summed E-state index contributed by atoms with van der Waals surface area (Å²) in [4.78, 5) is 8.97. The number of rotatable bonds is 9. The molecule has 0 bridgehead atoms. The highest BCUT2D eigenvalue weighted by Gasteiger charge is 2.18. The Kier molecular flexibility index (Phi) is 9.45. The second kappa shape index (κ2) is 11.7. The third-order valence-electron chi connectivity index (χ3n) is 5.90. The molecule has 0 saturated carbocycles. The lowest BCUT2D eigenvalue weighted by Gasteiger charge is -2.22. The van der Waals surface area contributed by atoms with Gasteiger partial charge in [0.05, 0.1) is 6.54 Å². The first-order valence-corrected chi connectivity index (χ1v) is 12.2. The van der Waals surface area contributed by atoms with Gasteiger partial charge >= 0.3 is 0 Å². The maximum Gasteiger partial charge on any atom is 0.127 e. The molecule has 0 atom stereocenters. The maximum atomic E-state index is 10.3. The molecule has 2 aromatic rings. The molecule has 0 spiro atoms. The average Bonchev–Trinajstić information content (AvgIpc) is 2.71. The quantitative estimate of drug-likeness (QED) is 0.322. The molecule has 0 saturated heterocycles. The molecule has 0 heterocycles. The van der Waals surface area contributed by atoms with Gasteiger partial charge in [0, 0.05) is 36.6 Å². The van der Waals surface area contributed by atoms with E-state index in [1.54, 1.807) is 12.4 Å². The zero-order valence-corrected chi connectivity index (χ0v) is 22.3. The lowest BCUT2D eigenvalue weighted by atomic mass is 9.83. The number of nitrogens with one attached hydrogen (secondary N) is 1. The van der Waals surface area contributed by atoms with Crippen LogP contribution in [-0.2, 0) is 10.8 Å². The Hall–Kier alpha value is -2.66. The van der Waals surface area contributed by atoms with Crippen LogP contribution in [0.5, 0.6) is 11.5 Å². The molecule has 0 radical (unpaired) electrons. The minimum Gasteiger partial charge on any atom is -0.507 e. The third kappa shape index (κ3) is 7.98. The number of benzene rings is 2. The van der Waals surface area contributed by atoms with Gasteiger partial charge in [-0.25, -0.2) is 0 Å². The van der Waals surface area contributed by atoms with Gasteiger partial charge in [0.1, 0.15) is 11.5 Å². The summed E-state index contributed by atoms with van der Waals surface area (Å²) in [5.41, 5.74) is 5.99. The number of aliphatic imine (C=N–C) groups is 2. The number of nitrogens with zero attached hydrogens (tertiary/aromatic N) is 2. The van der Waals surface area contributed by atoms with Gasteiger partial charge in [-0.05, 0) is 78.1 Å². The fraction of sp³-hybridized carbons (Fsp3) is 0.517. The molecule has 0 unspecified atom stereocenters. The maximum absolute atomic E-state index is 10.3. The third-order valence-corrected chi connectivity index (χ3v) is 5.90. The monoisotopic (exact) mass is 465 g/mol. The molecule has 0 amide bonds. The van der Waals surface area contributed by atoms with Gasteiger partial charge in [-0.3, -0.25) is 9.98 Å². The minimum atomic E-state index is 0.0260. The first-order chi connectivity index (χ1) is 15.8. The predicted octanol–water partition coefficient (Wildman–Crippen LogP) is 5.83. The molecule has 0 aliphatic carbocycles. The van der Waals surface area contributed by atoms with Crippen LogP contribution < -0.4 is 5.32 Å². The van der Waals surface area contributed by atoms with E-state index in [2.05, 4.69) is 56.8 Å². The summed E-state index contributed by atoms with van der Waals surface area (Å²) >= 11 is 0. The van der Waals surface area contributed by atoms with Gasteiger partial charge in [0.2, 0.25) is 0 Å². The van der Waals surface area contributed by atoms with E-state index in [9.17, 15) is 10.2 Å². The van der Waals surface area contributed by atoms with E-state index >= 15 is 0 Å². The molecule has 3 N–H and O–H groups in total. The second-order valence-corrected chi connectivity index (χ2v) is 11.1. The van der Waals surface area contributed by atoms with Crippen molar-refractivity contribution < 1.29 is 10.2 Å². The Morgan fingerprint density at radius 3 is 2.06 bits per heavy atom. The zero-order chi connectivity index (χ0) is 25.5. The van der Waals surface area contributed by atoms with Crippen molar-refractivity contribution in [1.82, 2.24) is 5.32 Å². The molecule has 0 fully saturated rings. The molecule has 5 nitrogen and oxygen atoms in total. The van der Waals surface area contributed by atoms with E-state index < -0.39 is 0 Å². The van der Waals surface area contributed by atoms with Gasteiger partial charge in [0.15, 0.2) is 0 Å². The standard InChI is InChI=1S/C29H43N3O2/c1-20-15-26(33)22(17-25(20)29(6,7)8)18-31-11-9-10-30-12-13-32-19-23-16-24(28(3,4)5)14-21(2)27(23)34/h14-19,30,33-34H,9-13H2,1-8H3. The molecular weight excluding hydrogens is 422 g/mol. The summed E-state index contributed by atoms with van der Waals surface area (Å²) in [6.07, 6.45) is 4.45. The number of hydrogen-bond acceptors (Lipinski definition) is 5. The zero-order valence-electron chi connectivity index (χ0n) is 22.3. The number of aromatic hydroxyl groups is 2. The summed E-state index contributed by atoms with van der Waals surface area (Å²) < 4.78 is 0. The first kappa shape index (κ1) is 27.6. The Morgan fingerprint density at radius 2 is 1.41 bits per heavy atom. The van der Waals surface area contributed by atoms with Crippen molar-refractivity contribution >= 4 is 12.4 Å². The Balaban J connectivity index is 1.77. The minimum absolute atomic E-state index is 0.0260. The normalized spacial score (nSPS) is 12.8. The van der Waals surface area contributed by atoms with Gasteiger partial charge < -0.3 is 15.5 Å². The SMILES string of the molecule is Cc1cc(O)c(C=NCCCNCCN=Cc2cc(C(C)(C)C)cc(C)c2O)cc1C(C)(C)C. The van der Waals surface area contributed by atoms with Crippen LogP contribution in [0.15, 0.2) is 34.3 Å². The van der Waals surface area contributed by atoms with Gasteiger partial charge in [0.25, 0.3) is 0 Å². The number of phenolic OH excluding ortho intramolecular Hbond substituents is 2. The van der Waals surface area contributed by atoms with Crippen LogP contribution >= 0.6 is 0 Å². The predicted molar refractivity (Wildman–Crippen MR) is 145 cm³/mol. The largest absolute Gasteiger partial charge is 0.507 e. The molecule has 2 aromatic carbocycles. The second-order valence-electron chi connectivity index (χ2n) is 11.1. The fourth-order valence-electron chi connectivity index (χ4n) is 3.85. The van der Waals surface area contributed by atoms with E-state index in [1.165, 1.54) is 11.1 Å². The van der Waals surface area contributed by atoms with E-state index in [0.717, 1.165) is 41.8 Å². The number of phenols is 2. The van der Waals surface area contributed by atoms with E-state index in [-0.39, 0.29) is 16.6 Å². The van der Waals surface area contributed by atoms with Crippen LogP contribution in [0.25, 0.3) is 0 Å². The molecular formula is C29H43N3O2. The van der Waals surface area contributed by atoms with Crippen molar-refractivity contribution in [3.8, 4) is 11.5 Å². The summed E-state index contributed by atoms with van der Waals surface area (Å²) in [6, 6.07) is 7.93. The molecule has 0 aliphatic rings. The van der Waals surface area contributed by atoms with E-state index in [0.29, 0.717) is 18.8 Å². The van der Waals surface area contributed by atoms with Gasteiger partial charge in [-0.15, -0.1) is 0 Å². The van der Waals surface area contributed by atoms with Crippen molar-refractivity contribution in [1.29, 1.82) is 0 Å². The molecule has 34 heavy (non-hydrogen) atoms. The van der Waals surface area contributed by atoms with Crippen LogP contribution in [0, 0.1) is 13.8 Å². The average molecular weight is 466 g/mol. The Bertz CT molecular complexity index is 1030. The van der Waals surface area contributed by atoms with Crippen molar-refractivity contribution in [2.24, 2.45) is 9.98 Å². The summed E-state index contributed by atoms with van der Waals surface area (Å²) in [6.45, 7) is 20.0. The van der Waals surface area contributed by atoms with Crippen molar-refractivity contribution in [3.05, 3.63) is 57.6 Å². The molecule has 0 aromatic heterocycles. The number of aryl methyl sites for hydroxylation is 2.